The maximum Gasteiger partial charge on any atom is 0.192 e. The third-order valence-electron chi connectivity index (χ3n) is 4.66. The Hall–Kier alpha value is -1.93. The third-order valence-corrected chi connectivity index (χ3v) is 5.60. The van der Waals surface area contributed by atoms with Crippen molar-refractivity contribution in [2.24, 2.45) is 18.0 Å². The average molecular weight is 377 g/mol. The summed E-state index contributed by atoms with van der Waals surface area (Å²) in [6, 6.07) is 4.55. The molecule has 142 valence electrons. The molecule has 0 amide bonds. The number of nitrogens with zero attached hydrogens (tertiary/aromatic N) is 4. The zero-order valence-electron chi connectivity index (χ0n) is 15.7. The van der Waals surface area contributed by atoms with Crippen LogP contribution in [0.15, 0.2) is 22.5 Å². The highest BCUT2D eigenvalue weighted by Crippen LogP contribution is 2.32. The van der Waals surface area contributed by atoms with E-state index in [1.807, 2.05) is 18.5 Å². The van der Waals surface area contributed by atoms with Gasteiger partial charge >= 0.3 is 0 Å². The van der Waals surface area contributed by atoms with E-state index in [2.05, 4.69) is 38.3 Å². The summed E-state index contributed by atoms with van der Waals surface area (Å²) in [6.07, 6.45) is 3.50. The summed E-state index contributed by atoms with van der Waals surface area (Å²) in [5.74, 6) is 3.25. The Labute approximate surface area is 158 Å². The highest BCUT2D eigenvalue weighted by molar-refractivity contribution is 7.09. The maximum absolute atomic E-state index is 5.38. The molecule has 1 aliphatic carbocycles. The first-order valence-electron chi connectivity index (χ1n) is 9.08. The van der Waals surface area contributed by atoms with Gasteiger partial charge in [-0.1, -0.05) is 6.07 Å². The van der Waals surface area contributed by atoms with E-state index >= 15 is 0 Å². The second-order valence-electron chi connectivity index (χ2n) is 6.69. The van der Waals surface area contributed by atoms with E-state index in [0.29, 0.717) is 25.1 Å². The van der Waals surface area contributed by atoms with Gasteiger partial charge in [-0.05, 0) is 43.6 Å². The Kier molecular flexibility index (Phi) is 6.62. The lowest BCUT2D eigenvalue weighted by Crippen LogP contribution is -2.47. The first-order valence-corrected chi connectivity index (χ1v) is 9.96. The molecule has 1 atom stereocenters. The number of methoxy groups -OCH3 is 1. The van der Waals surface area contributed by atoms with Crippen LogP contribution in [0.25, 0.3) is 0 Å². The van der Waals surface area contributed by atoms with Crippen molar-refractivity contribution >= 4 is 17.3 Å². The molecule has 1 unspecified atom stereocenters. The van der Waals surface area contributed by atoms with Crippen molar-refractivity contribution in [2.75, 3.05) is 20.3 Å². The van der Waals surface area contributed by atoms with Crippen molar-refractivity contribution in [3.63, 3.8) is 0 Å². The molecule has 0 radical (unpaired) electrons. The van der Waals surface area contributed by atoms with Gasteiger partial charge in [0.05, 0.1) is 12.6 Å². The molecule has 0 bridgehead atoms. The molecule has 1 saturated carbocycles. The standard InChI is InChI=1S/C18H28N6OS/c1-13-22-23-17(24(13)2)11-20-18(19-9-8-15-5-4-10-26-15)21-16(12-25-3)14-6-7-14/h4-5,10,14,16H,6-9,11-12H2,1-3H3,(H2,19,20,21). The van der Waals surface area contributed by atoms with Crippen LogP contribution in [0.3, 0.4) is 0 Å². The van der Waals surface area contributed by atoms with Gasteiger partial charge in [0.15, 0.2) is 11.8 Å². The van der Waals surface area contributed by atoms with Gasteiger partial charge in [-0.3, -0.25) is 0 Å². The molecule has 2 aromatic heterocycles. The summed E-state index contributed by atoms with van der Waals surface area (Å²) in [7, 11) is 3.72. The van der Waals surface area contributed by atoms with Crippen LogP contribution in [0.2, 0.25) is 0 Å². The van der Waals surface area contributed by atoms with Gasteiger partial charge < -0.3 is 19.9 Å². The van der Waals surface area contributed by atoms with Crippen LogP contribution in [-0.4, -0.2) is 47.0 Å². The topological polar surface area (TPSA) is 76.4 Å². The number of rotatable bonds is 9. The summed E-state index contributed by atoms with van der Waals surface area (Å²) in [4.78, 5) is 6.11. The zero-order valence-corrected chi connectivity index (χ0v) is 16.6. The minimum absolute atomic E-state index is 0.300. The van der Waals surface area contributed by atoms with Crippen LogP contribution in [0.4, 0.5) is 0 Å². The largest absolute Gasteiger partial charge is 0.383 e. The molecule has 0 aliphatic heterocycles. The van der Waals surface area contributed by atoms with Crippen molar-refractivity contribution in [3.05, 3.63) is 34.0 Å². The Morgan fingerprint density at radius 3 is 2.92 bits per heavy atom. The number of aromatic nitrogens is 3. The summed E-state index contributed by atoms with van der Waals surface area (Å²) in [5.41, 5.74) is 0. The number of ether oxygens (including phenoxy) is 1. The van der Waals surface area contributed by atoms with Gasteiger partial charge in [0.1, 0.15) is 12.4 Å². The number of nitrogens with one attached hydrogen (secondary N) is 2. The van der Waals surface area contributed by atoms with Crippen molar-refractivity contribution in [1.82, 2.24) is 25.4 Å². The first kappa shape index (κ1) is 18.8. The van der Waals surface area contributed by atoms with Gasteiger partial charge in [-0.15, -0.1) is 21.5 Å². The second kappa shape index (κ2) is 9.14. The Balaban J connectivity index is 1.62. The van der Waals surface area contributed by atoms with Crippen LogP contribution in [0.5, 0.6) is 0 Å². The molecule has 0 saturated heterocycles. The molecule has 3 rings (SSSR count). The van der Waals surface area contributed by atoms with Crippen LogP contribution < -0.4 is 10.6 Å². The van der Waals surface area contributed by atoms with Crippen molar-refractivity contribution in [2.45, 2.75) is 38.8 Å². The Morgan fingerprint density at radius 2 is 2.31 bits per heavy atom. The fraction of sp³-hybridized carbons (Fsp3) is 0.611. The van der Waals surface area contributed by atoms with Crippen LogP contribution in [0.1, 0.15) is 29.4 Å². The lowest BCUT2D eigenvalue weighted by molar-refractivity contribution is 0.165. The third kappa shape index (κ3) is 5.28. The van der Waals surface area contributed by atoms with E-state index in [0.717, 1.165) is 30.6 Å². The quantitative estimate of drug-likeness (QED) is 0.516. The molecule has 0 spiro atoms. The fourth-order valence-corrected chi connectivity index (χ4v) is 3.51. The summed E-state index contributed by atoms with van der Waals surface area (Å²) in [5, 5.41) is 17.4. The minimum atomic E-state index is 0.300. The van der Waals surface area contributed by atoms with Crippen molar-refractivity contribution in [1.29, 1.82) is 0 Å². The zero-order chi connectivity index (χ0) is 18.4. The lowest BCUT2D eigenvalue weighted by Gasteiger charge is -2.21. The van der Waals surface area contributed by atoms with E-state index in [-0.39, 0.29) is 0 Å². The number of aryl methyl sites for hydroxylation is 1. The predicted octanol–water partition coefficient (Wildman–Crippen LogP) is 1.89. The van der Waals surface area contributed by atoms with Crippen molar-refractivity contribution < 1.29 is 4.74 Å². The molecular formula is C18H28N6OS. The molecule has 7 nitrogen and oxygen atoms in total. The fourth-order valence-electron chi connectivity index (χ4n) is 2.80. The average Bonchev–Trinajstić information content (AvgIpc) is 3.27. The smallest absolute Gasteiger partial charge is 0.192 e. The van der Waals surface area contributed by atoms with Crippen LogP contribution in [0, 0.1) is 12.8 Å². The summed E-state index contributed by atoms with van der Waals surface area (Å²) < 4.78 is 7.36. The highest BCUT2D eigenvalue weighted by atomic mass is 32.1. The maximum atomic E-state index is 5.38. The number of hydrogen-bond acceptors (Lipinski definition) is 5. The number of hydrogen-bond donors (Lipinski definition) is 2. The van der Waals surface area contributed by atoms with Gasteiger partial charge in [0.25, 0.3) is 0 Å². The normalized spacial score (nSPS) is 15.9. The van der Waals surface area contributed by atoms with Gasteiger partial charge in [-0.2, -0.15) is 0 Å². The second-order valence-corrected chi connectivity index (χ2v) is 7.72. The predicted molar refractivity (Wildman–Crippen MR) is 104 cm³/mol. The Bertz CT molecular complexity index is 707. The summed E-state index contributed by atoms with van der Waals surface area (Å²) >= 11 is 1.78. The number of thiophene rings is 1. The lowest BCUT2D eigenvalue weighted by atomic mass is 10.2. The van der Waals surface area contributed by atoms with E-state index in [1.165, 1.54) is 17.7 Å². The molecule has 1 fully saturated rings. The van der Waals surface area contributed by atoms with Crippen LogP contribution >= 0.6 is 11.3 Å². The first-order chi connectivity index (χ1) is 12.7. The SMILES string of the molecule is COCC(NC(=NCc1nnc(C)n1C)NCCc1cccs1)C1CC1. The van der Waals surface area contributed by atoms with E-state index in [4.69, 9.17) is 9.73 Å². The number of guanidine groups is 1. The van der Waals surface area contributed by atoms with E-state index < -0.39 is 0 Å². The van der Waals surface area contributed by atoms with Gasteiger partial charge in [0.2, 0.25) is 0 Å². The van der Waals surface area contributed by atoms with Gasteiger partial charge in [-0.25, -0.2) is 4.99 Å². The van der Waals surface area contributed by atoms with E-state index in [1.54, 1.807) is 18.4 Å². The molecule has 26 heavy (non-hydrogen) atoms. The molecule has 2 aromatic rings. The molecule has 2 N–H and O–H groups in total. The summed E-state index contributed by atoms with van der Waals surface area (Å²) in [6.45, 7) is 3.98. The minimum Gasteiger partial charge on any atom is -0.383 e. The highest BCUT2D eigenvalue weighted by Gasteiger charge is 2.31. The molecule has 1 aliphatic rings. The molecular weight excluding hydrogens is 348 g/mol. The monoisotopic (exact) mass is 376 g/mol. The number of aliphatic imine (C=N–C) groups is 1. The molecule has 0 aromatic carbocycles. The molecule has 8 heteroatoms. The molecule has 2 heterocycles. The Morgan fingerprint density at radius 1 is 1.46 bits per heavy atom. The van der Waals surface area contributed by atoms with E-state index in [9.17, 15) is 0 Å². The van der Waals surface area contributed by atoms with Crippen LogP contribution in [-0.2, 0) is 24.8 Å². The van der Waals surface area contributed by atoms with Gasteiger partial charge in [0, 0.05) is 25.6 Å². The van der Waals surface area contributed by atoms with Crippen molar-refractivity contribution in [3.8, 4) is 0 Å².